The molecule has 0 spiro atoms. The van der Waals surface area contributed by atoms with Crippen molar-refractivity contribution in [2.45, 2.75) is 25.8 Å². The Balaban J connectivity index is 1.35. The van der Waals surface area contributed by atoms with Crippen molar-refractivity contribution in [2.75, 3.05) is 27.5 Å². The van der Waals surface area contributed by atoms with Crippen LogP contribution in [0.4, 0.5) is 60.0 Å². The number of aryl methyl sites for hydroxylation is 1. The Morgan fingerprint density at radius 3 is 2.23 bits per heavy atom. The molecule has 0 unspecified atom stereocenters. The number of nitrogens with zero attached hydrogens (tertiary/aromatic N) is 4. The van der Waals surface area contributed by atoms with Crippen LogP contribution in [0.3, 0.4) is 0 Å². The summed E-state index contributed by atoms with van der Waals surface area (Å²) in [6, 6.07) is 12.7. The molecule has 8 nitrogen and oxygen atoms in total. The molecule has 43 heavy (non-hydrogen) atoms. The summed E-state index contributed by atoms with van der Waals surface area (Å²) in [4.78, 5) is 37.5. The van der Waals surface area contributed by atoms with E-state index in [1.807, 2.05) is 0 Å². The summed E-state index contributed by atoms with van der Waals surface area (Å²) >= 11 is 0. The molecule has 2 heterocycles. The second kappa shape index (κ2) is 10.9. The van der Waals surface area contributed by atoms with Crippen LogP contribution in [0.15, 0.2) is 72.9 Å². The van der Waals surface area contributed by atoms with E-state index in [1.54, 1.807) is 25.1 Å². The molecule has 5 rings (SSSR count). The van der Waals surface area contributed by atoms with Crippen LogP contribution in [0, 0.1) is 6.92 Å². The number of hydrogen-bond donors (Lipinski definition) is 2. The molecule has 4 aromatic rings. The number of alkyl halides is 6. The summed E-state index contributed by atoms with van der Waals surface area (Å²) in [7, 11) is 1.50. The van der Waals surface area contributed by atoms with Crippen molar-refractivity contribution in [1.82, 2.24) is 9.97 Å². The second-order valence-electron chi connectivity index (χ2n) is 9.70. The van der Waals surface area contributed by atoms with Crippen molar-refractivity contribution in [3.05, 3.63) is 101 Å². The fourth-order valence-corrected chi connectivity index (χ4v) is 4.45. The van der Waals surface area contributed by atoms with Crippen molar-refractivity contribution >= 4 is 40.8 Å². The monoisotopic (exact) mass is 600 g/mol. The van der Waals surface area contributed by atoms with Crippen molar-refractivity contribution in [3.8, 4) is 0 Å². The number of nitrogens with one attached hydrogen (secondary N) is 2. The van der Waals surface area contributed by atoms with E-state index in [0.29, 0.717) is 22.5 Å². The van der Waals surface area contributed by atoms with Gasteiger partial charge in [-0.05, 0) is 67.1 Å². The van der Waals surface area contributed by atoms with Crippen molar-refractivity contribution in [3.63, 3.8) is 0 Å². The Morgan fingerprint density at radius 2 is 1.56 bits per heavy atom. The van der Waals surface area contributed by atoms with Gasteiger partial charge >= 0.3 is 18.4 Å². The van der Waals surface area contributed by atoms with Gasteiger partial charge in [-0.1, -0.05) is 12.1 Å². The lowest BCUT2D eigenvalue weighted by Crippen LogP contribution is -2.46. The highest BCUT2D eigenvalue weighted by atomic mass is 19.4. The maximum Gasteiger partial charge on any atom is 0.416 e. The van der Waals surface area contributed by atoms with Crippen molar-refractivity contribution in [1.29, 1.82) is 0 Å². The fourth-order valence-electron chi connectivity index (χ4n) is 4.45. The quantitative estimate of drug-likeness (QED) is 0.233. The topological polar surface area (TPSA) is 90.5 Å². The molecule has 0 atom stereocenters. The van der Waals surface area contributed by atoms with Gasteiger partial charge in [-0.25, -0.2) is 9.78 Å². The zero-order valence-corrected chi connectivity index (χ0v) is 22.5. The number of halogens is 6. The minimum atomic E-state index is -4.60. The lowest BCUT2D eigenvalue weighted by molar-refractivity contribution is -0.138. The number of carbonyl (C=O) groups is 2. The molecule has 1 aliphatic heterocycles. The van der Waals surface area contributed by atoms with Crippen molar-refractivity contribution < 1.29 is 35.9 Å². The molecule has 0 saturated heterocycles. The Morgan fingerprint density at radius 1 is 0.884 bits per heavy atom. The third kappa shape index (κ3) is 6.22. The minimum absolute atomic E-state index is 0.0605. The van der Waals surface area contributed by atoms with E-state index in [4.69, 9.17) is 0 Å². The maximum atomic E-state index is 13.4. The fraction of sp³-hybridized carbons (Fsp3) is 0.172. The first-order valence-corrected chi connectivity index (χ1v) is 12.7. The van der Waals surface area contributed by atoms with E-state index in [2.05, 4.69) is 20.6 Å². The number of rotatable bonds is 5. The zero-order chi connectivity index (χ0) is 31.1. The molecular weight excluding hydrogens is 578 g/mol. The average molecular weight is 601 g/mol. The van der Waals surface area contributed by atoms with Gasteiger partial charge in [0.15, 0.2) is 0 Å². The highest BCUT2D eigenvalue weighted by molar-refractivity contribution is 6.07. The first-order valence-electron chi connectivity index (χ1n) is 12.7. The van der Waals surface area contributed by atoms with Gasteiger partial charge in [0, 0.05) is 35.7 Å². The van der Waals surface area contributed by atoms with E-state index in [9.17, 15) is 35.9 Å². The lowest BCUT2D eigenvalue weighted by atomic mass is 10.1. The molecular formula is C29H22F6N6O2. The van der Waals surface area contributed by atoms with E-state index in [-0.39, 0.29) is 29.6 Å². The van der Waals surface area contributed by atoms with Crippen LogP contribution in [0.5, 0.6) is 0 Å². The molecule has 0 saturated carbocycles. The summed E-state index contributed by atoms with van der Waals surface area (Å²) in [6.45, 7) is 1.81. The molecule has 3 aromatic carbocycles. The van der Waals surface area contributed by atoms with Crippen LogP contribution < -0.4 is 20.4 Å². The summed E-state index contributed by atoms with van der Waals surface area (Å²) in [6.07, 6.45) is -7.59. The zero-order valence-electron chi connectivity index (χ0n) is 22.5. The lowest BCUT2D eigenvalue weighted by Gasteiger charge is -2.35. The number of anilines is 5. The number of aromatic nitrogens is 2. The van der Waals surface area contributed by atoms with Gasteiger partial charge in [0.25, 0.3) is 5.91 Å². The van der Waals surface area contributed by atoms with Crippen molar-refractivity contribution in [2.24, 2.45) is 0 Å². The molecule has 0 radical (unpaired) electrons. The molecule has 0 bridgehead atoms. The first kappa shape index (κ1) is 29.4. The number of hydrogen-bond acceptors (Lipinski definition) is 5. The average Bonchev–Trinajstić information content (AvgIpc) is 2.96. The normalized spacial score (nSPS) is 13.5. The highest BCUT2D eigenvalue weighted by Crippen LogP contribution is 2.35. The summed E-state index contributed by atoms with van der Waals surface area (Å²) in [5.41, 5.74) is 0.334. The molecule has 1 aromatic heterocycles. The predicted molar refractivity (Wildman–Crippen MR) is 147 cm³/mol. The standard InChI is InChI=1S/C29H22F6N6O2/c1-16-6-9-22(37-25(42)17-4-3-5-20(12-17)29(33,34)35)13-23(16)41-15-18-14-36-26(39-24(18)40(2)27(41)43)38-21-10-7-19(8-11-21)28(30,31)32/h3-14H,15H2,1-2H3,(H,37,42)(H,36,38,39). The largest absolute Gasteiger partial charge is 0.416 e. The number of carbonyl (C=O) groups excluding carboxylic acids is 2. The smallest absolute Gasteiger partial charge is 0.324 e. The van der Waals surface area contributed by atoms with Gasteiger partial charge in [0.2, 0.25) is 5.95 Å². The van der Waals surface area contributed by atoms with Crippen LogP contribution in [-0.2, 0) is 18.9 Å². The molecule has 1 aliphatic rings. The van der Waals surface area contributed by atoms with Crippen LogP contribution in [0.2, 0.25) is 0 Å². The number of fused-ring (bicyclic) bond motifs is 1. The molecule has 14 heteroatoms. The Bertz CT molecular complexity index is 1710. The van der Waals surface area contributed by atoms with Crippen LogP contribution in [-0.4, -0.2) is 29.0 Å². The van der Waals surface area contributed by atoms with Crippen LogP contribution >= 0.6 is 0 Å². The summed E-state index contributed by atoms with van der Waals surface area (Å²) in [5, 5.41) is 5.41. The predicted octanol–water partition coefficient (Wildman–Crippen LogP) is 7.39. The van der Waals surface area contributed by atoms with Crippen LogP contribution in [0.25, 0.3) is 0 Å². The van der Waals surface area contributed by atoms with Gasteiger partial charge in [0.05, 0.1) is 23.4 Å². The number of amides is 3. The van der Waals surface area contributed by atoms with Gasteiger partial charge in [0.1, 0.15) is 5.82 Å². The summed E-state index contributed by atoms with van der Waals surface area (Å²) in [5.74, 6) is -0.394. The second-order valence-corrected chi connectivity index (χ2v) is 9.70. The summed E-state index contributed by atoms with van der Waals surface area (Å²) < 4.78 is 77.8. The Kier molecular flexibility index (Phi) is 7.46. The SMILES string of the molecule is Cc1ccc(NC(=O)c2cccc(C(F)(F)F)c2)cc1N1Cc2cnc(Nc3ccc(C(F)(F)F)cc3)nc2N(C)C1=O. The van der Waals surface area contributed by atoms with Gasteiger partial charge in [-0.2, -0.15) is 31.3 Å². The molecule has 222 valence electrons. The maximum absolute atomic E-state index is 13.4. The first-order chi connectivity index (χ1) is 20.2. The van der Waals surface area contributed by atoms with Gasteiger partial charge in [-0.3, -0.25) is 14.6 Å². The molecule has 0 fully saturated rings. The molecule has 0 aliphatic carbocycles. The van der Waals surface area contributed by atoms with E-state index < -0.39 is 35.4 Å². The van der Waals surface area contributed by atoms with E-state index >= 15 is 0 Å². The Labute approximate surface area is 241 Å². The third-order valence-electron chi connectivity index (χ3n) is 6.68. The van der Waals surface area contributed by atoms with Crippen LogP contribution in [0.1, 0.15) is 32.6 Å². The number of urea groups is 1. The third-order valence-corrected chi connectivity index (χ3v) is 6.68. The van der Waals surface area contributed by atoms with E-state index in [1.165, 1.54) is 41.2 Å². The Hall–Kier alpha value is -5.14. The van der Waals surface area contributed by atoms with Gasteiger partial charge < -0.3 is 10.6 Å². The number of benzene rings is 3. The highest BCUT2D eigenvalue weighted by Gasteiger charge is 2.33. The van der Waals surface area contributed by atoms with Gasteiger partial charge in [-0.15, -0.1) is 0 Å². The minimum Gasteiger partial charge on any atom is -0.324 e. The molecule has 3 amide bonds. The van der Waals surface area contributed by atoms with E-state index in [0.717, 1.165) is 30.3 Å². The molecule has 2 N–H and O–H groups in total.